The van der Waals surface area contributed by atoms with Crippen LogP contribution in [0.25, 0.3) is 0 Å². The predicted molar refractivity (Wildman–Crippen MR) is 72.6 cm³/mol. The third-order valence-corrected chi connectivity index (χ3v) is 5.95. The second kappa shape index (κ2) is 4.90. The van der Waals surface area contributed by atoms with E-state index in [0.717, 1.165) is 32.0 Å². The van der Waals surface area contributed by atoms with Crippen LogP contribution in [0.2, 0.25) is 0 Å². The Bertz CT molecular complexity index is 691. The molecule has 1 aromatic rings. The van der Waals surface area contributed by atoms with Gasteiger partial charge >= 0.3 is 6.18 Å². The van der Waals surface area contributed by atoms with E-state index in [1.807, 2.05) is 0 Å². The fraction of sp³-hybridized carbons (Fsp3) is 0.615. The van der Waals surface area contributed by atoms with Gasteiger partial charge in [0, 0.05) is 19.1 Å². The molecular weight excluding hydrogens is 319 g/mol. The topological polar surface area (TPSA) is 71.1 Å². The van der Waals surface area contributed by atoms with Gasteiger partial charge in [-0.05, 0) is 37.3 Å². The third-order valence-electron chi connectivity index (χ3n) is 4.30. The van der Waals surface area contributed by atoms with Gasteiger partial charge in [0.05, 0.1) is 5.69 Å². The molecule has 22 heavy (non-hydrogen) atoms. The summed E-state index contributed by atoms with van der Waals surface area (Å²) in [7, 11) is -3.85. The summed E-state index contributed by atoms with van der Waals surface area (Å²) < 4.78 is 64.8. The number of aryl methyl sites for hydroxylation is 1. The highest BCUT2D eigenvalue weighted by Gasteiger charge is 2.49. The number of sulfonamides is 1. The summed E-state index contributed by atoms with van der Waals surface area (Å²) in [6.45, 7) is 3.06. The highest BCUT2D eigenvalue weighted by atomic mass is 32.2. The molecule has 122 valence electrons. The molecule has 0 bridgehead atoms. The zero-order valence-electron chi connectivity index (χ0n) is 11.9. The number of nitrogens with zero attached hydrogens (tertiary/aromatic N) is 1. The minimum Gasteiger partial charge on any atom is -0.316 e. The maximum Gasteiger partial charge on any atom is 0.433 e. The van der Waals surface area contributed by atoms with Crippen molar-refractivity contribution in [2.24, 2.45) is 5.41 Å². The van der Waals surface area contributed by atoms with Crippen molar-refractivity contribution in [2.45, 2.75) is 36.9 Å². The average Bonchev–Trinajstić information content (AvgIpc) is 2.29. The molecule has 1 spiro atoms. The molecule has 1 aromatic heterocycles. The Balaban J connectivity index is 1.75. The molecule has 3 rings (SSSR count). The molecule has 1 saturated heterocycles. The Morgan fingerprint density at radius 3 is 2.41 bits per heavy atom. The van der Waals surface area contributed by atoms with E-state index in [9.17, 15) is 21.6 Å². The summed E-state index contributed by atoms with van der Waals surface area (Å²) in [5, 5.41) is 3.15. The van der Waals surface area contributed by atoms with Crippen LogP contribution >= 0.6 is 0 Å². The van der Waals surface area contributed by atoms with Crippen LogP contribution in [0, 0.1) is 12.3 Å². The van der Waals surface area contributed by atoms with Gasteiger partial charge in [-0.3, -0.25) is 0 Å². The van der Waals surface area contributed by atoms with Crippen molar-refractivity contribution >= 4 is 10.0 Å². The van der Waals surface area contributed by atoms with Gasteiger partial charge in [-0.25, -0.2) is 18.1 Å². The first kappa shape index (κ1) is 15.7. The monoisotopic (exact) mass is 335 g/mol. The predicted octanol–water partition coefficient (Wildman–Crippen LogP) is 1.44. The maximum atomic E-state index is 12.6. The lowest BCUT2D eigenvalue weighted by molar-refractivity contribution is -0.141. The highest BCUT2D eigenvalue weighted by molar-refractivity contribution is 7.89. The molecule has 2 N–H and O–H groups in total. The lowest BCUT2D eigenvalue weighted by Gasteiger charge is -2.54. The van der Waals surface area contributed by atoms with E-state index in [1.165, 1.54) is 6.92 Å². The summed E-state index contributed by atoms with van der Waals surface area (Å²) in [6, 6.07) is 1.50. The lowest BCUT2D eigenvalue weighted by atomic mass is 9.62. The van der Waals surface area contributed by atoms with Crippen molar-refractivity contribution in [3.05, 3.63) is 23.5 Å². The molecule has 1 aliphatic heterocycles. The Morgan fingerprint density at radius 2 is 1.95 bits per heavy atom. The van der Waals surface area contributed by atoms with Crippen LogP contribution in [0.15, 0.2) is 17.0 Å². The van der Waals surface area contributed by atoms with Gasteiger partial charge in [0.15, 0.2) is 0 Å². The van der Waals surface area contributed by atoms with Gasteiger partial charge in [0.1, 0.15) is 10.6 Å². The summed E-state index contributed by atoms with van der Waals surface area (Å²) in [5.74, 6) is 0. The summed E-state index contributed by atoms with van der Waals surface area (Å²) >= 11 is 0. The molecule has 2 heterocycles. The number of halogens is 3. The zero-order chi connectivity index (χ0) is 16.2. The fourth-order valence-corrected chi connectivity index (χ4v) is 4.52. The minimum atomic E-state index is -4.59. The molecule has 1 saturated carbocycles. The number of alkyl halides is 3. The molecule has 2 aliphatic rings. The van der Waals surface area contributed by atoms with Crippen molar-refractivity contribution in [3.8, 4) is 0 Å². The molecular formula is C13H16F3N3O2S. The summed E-state index contributed by atoms with van der Waals surface area (Å²) in [6.07, 6.45) is -3.07. The minimum absolute atomic E-state index is 0.151. The molecule has 2 fully saturated rings. The van der Waals surface area contributed by atoms with Gasteiger partial charge in [0.2, 0.25) is 10.0 Å². The molecule has 0 aromatic carbocycles. The third kappa shape index (κ3) is 2.72. The van der Waals surface area contributed by atoms with Crippen molar-refractivity contribution in [1.82, 2.24) is 15.0 Å². The Labute approximate surface area is 126 Å². The van der Waals surface area contributed by atoms with Crippen LogP contribution in [0.1, 0.15) is 24.2 Å². The van der Waals surface area contributed by atoms with Crippen LogP contribution in [0.3, 0.4) is 0 Å². The second-order valence-electron chi connectivity index (χ2n) is 6.11. The molecule has 1 aliphatic carbocycles. The van der Waals surface area contributed by atoms with Gasteiger partial charge in [-0.1, -0.05) is 0 Å². The smallest absolute Gasteiger partial charge is 0.316 e. The van der Waals surface area contributed by atoms with Crippen LogP contribution in [-0.4, -0.2) is 32.5 Å². The molecule has 0 radical (unpaired) electrons. The van der Waals surface area contributed by atoms with Gasteiger partial charge in [-0.2, -0.15) is 13.2 Å². The Morgan fingerprint density at radius 1 is 1.32 bits per heavy atom. The van der Waals surface area contributed by atoms with Crippen molar-refractivity contribution in [2.75, 3.05) is 13.1 Å². The first-order valence-corrected chi connectivity index (χ1v) is 8.38. The molecule has 5 nitrogen and oxygen atoms in total. The number of rotatable bonds is 3. The van der Waals surface area contributed by atoms with Crippen molar-refractivity contribution in [3.63, 3.8) is 0 Å². The van der Waals surface area contributed by atoms with Crippen molar-refractivity contribution < 1.29 is 21.6 Å². The van der Waals surface area contributed by atoms with E-state index in [0.29, 0.717) is 6.07 Å². The largest absolute Gasteiger partial charge is 0.433 e. The first-order valence-electron chi connectivity index (χ1n) is 6.89. The van der Waals surface area contributed by atoms with E-state index < -0.39 is 21.9 Å². The van der Waals surface area contributed by atoms with E-state index in [4.69, 9.17) is 0 Å². The number of aromatic nitrogens is 1. The van der Waals surface area contributed by atoms with E-state index in [1.54, 1.807) is 0 Å². The fourth-order valence-electron chi connectivity index (χ4n) is 3.11. The number of hydrogen-bond acceptors (Lipinski definition) is 4. The molecule has 0 amide bonds. The van der Waals surface area contributed by atoms with Crippen LogP contribution in [0.4, 0.5) is 13.2 Å². The van der Waals surface area contributed by atoms with E-state index in [2.05, 4.69) is 15.0 Å². The van der Waals surface area contributed by atoms with E-state index in [-0.39, 0.29) is 22.0 Å². The lowest BCUT2D eigenvalue weighted by Crippen LogP contribution is -2.65. The number of hydrogen-bond donors (Lipinski definition) is 2. The normalized spacial score (nSPS) is 21.5. The second-order valence-corrected chi connectivity index (χ2v) is 7.79. The van der Waals surface area contributed by atoms with Gasteiger partial charge in [-0.15, -0.1) is 0 Å². The zero-order valence-corrected chi connectivity index (χ0v) is 12.7. The standard InChI is InChI=1S/C13H16F3N3O2S/c1-8-10(2-3-11(18-8)13(14,15)16)22(20,21)19-9-4-12(5-9)6-17-7-12/h2-3,9,17,19H,4-7H2,1H3. The number of pyridine rings is 1. The van der Waals surface area contributed by atoms with Crippen LogP contribution in [0.5, 0.6) is 0 Å². The summed E-state index contributed by atoms with van der Waals surface area (Å²) in [4.78, 5) is 3.16. The van der Waals surface area contributed by atoms with Crippen molar-refractivity contribution in [1.29, 1.82) is 0 Å². The van der Waals surface area contributed by atoms with Crippen LogP contribution in [-0.2, 0) is 16.2 Å². The van der Waals surface area contributed by atoms with Gasteiger partial charge < -0.3 is 5.32 Å². The van der Waals surface area contributed by atoms with Gasteiger partial charge in [0.25, 0.3) is 0 Å². The first-order chi connectivity index (χ1) is 10.1. The Kier molecular flexibility index (Phi) is 3.50. The quantitative estimate of drug-likeness (QED) is 0.877. The molecule has 9 heteroatoms. The summed E-state index contributed by atoms with van der Waals surface area (Å²) in [5.41, 5.74) is -1.03. The van der Waals surface area contributed by atoms with Crippen LogP contribution < -0.4 is 10.0 Å². The maximum absolute atomic E-state index is 12.6. The Hall–Kier alpha value is -1.19. The highest BCUT2D eigenvalue weighted by Crippen LogP contribution is 2.44. The molecule has 0 atom stereocenters. The SMILES string of the molecule is Cc1nc(C(F)(F)F)ccc1S(=O)(=O)NC1CC2(CNC2)C1. The van der Waals surface area contributed by atoms with E-state index >= 15 is 0 Å². The molecule has 0 unspecified atom stereocenters. The average molecular weight is 335 g/mol. The number of nitrogens with one attached hydrogen (secondary N) is 2.